The van der Waals surface area contributed by atoms with Crippen LogP contribution in [0.3, 0.4) is 0 Å². The van der Waals surface area contributed by atoms with Gasteiger partial charge in [-0.15, -0.1) is 0 Å². The zero-order chi connectivity index (χ0) is 28.1. The maximum Gasteiger partial charge on any atom is 0.258 e. The molecule has 4 aromatic rings. The molecule has 204 valence electrons. The highest BCUT2D eigenvalue weighted by Crippen LogP contribution is 2.43. The van der Waals surface area contributed by atoms with E-state index in [-0.39, 0.29) is 23.9 Å². The van der Waals surface area contributed by atoms with Gasteiger partial charge in [-0.3, -0.25) is 9.59 Å². The van der Waals surface area contributed by atoms with Gasteiger partial charge in [-0.1, -0.05) is 86.0 Å². The van der Waals surface area contributed by atoms with Crippen LogP contribution in [0.5, 0.6) is 0 Å². The first kappa shape index (κ1) is 27.4. The second-order valence-corrected chi connectivity index (χ2v) is 10.9. The molecule has 40 heavy (non-hydrogen) atoms. The molecule has 0 aliphatic carbocycles. The second kappa shape index (κ2) is 12.3. The van der Waals surface area contributed by atoms with Crippen LogP contribution < -0.4 is 9.80 Å². The molecule has 0 N–H and O–H groups in total. The van der Waals surface area contributed by atoms with Crippen LogP contribution in [0.1, 0.15) is 83.0 Å². The third-order valence-corrected chi connectivity index (χ3v) is 7.91. The predicted octanol–water partition coefficient (Wildman–Crippen LogP) is 8.55. The van der Waals surface area contributed by atoms with Crippen molar-refractivity contribution in [3.8, 4) is 0 Å². The number of fused-ring (bicyclic) bond motifs is 1. The summed E-state index contributed by atoms with van der Waals surface area (Å²) in [7, 11) is 0. The molecule has 1 aliphatic heterocycles. The molecular weight excluding hydrogens is 492 g/mol. The third-order valence-electron chi connectivity index (χ3n) is 7.91. The summed E-state index contributed by atoms with van der Waals surface area (Å²) in [6, 6.07) is 33.4. The number of anilines is 2. The number of hydrogen-bond acceptors (Lipinski definition) is 2. The lowest BCUT2D eigenvalue weighted by atomic mass is 9.89. The van der Waals surface area contributed by atoms with E-state index in [1.807, 2.05) is 102 Å². The van der Waals surface area contributed by atoms with Crippen LogP contribution in [0, 0.1) is 6.92 Å². The quantitative estimate of drug-likeness (QED) is 0.214. The molecule has 0 spiro atoms. The molecule has 0 bridgehead atoms. The smallest absolute Gasteiger partial charge is 0.258 e. The zero-order valence-corrected chi connectivity index (χ0v) is 23.7. The summed E-state index contributed by atoms with van der Waals surface area (Å²) in [5, 5.41) is 0. The van der Waals surface area contributed by atoms with Crippen molar-refractivity contribution in [2.45, 2.75) is 65.0 Å². The van der Waals surface area contributed by atoms with Crippen LogP contribution in [0.4, 0.5) is 11.4 Å². The lowest BCUT2D eigenvalue weighted by Gasteiger charge is -2.43. The van der Waals surface area contributed by atoms with Crippen molar-refractivity contribution in [3.05, 3.63) is 131 Å². The first-order chi connectivity index (χ1) is 19.5. The van der Waals surface area contributed by atoms with Gasteiger partial charge < -0.3 is 9.80 Å². The second-order valence-electron chi connectivity index (χ2n) is 10.9. The molecular formula is C36H38N2O2. The van der Waals surface area contributed by atoms with Crippen LogP contribution in [0.2, 0.25) is 0 Å². The number of para-hydroxylation sites is 2. The summed E-state index contributed by atoms with van der Waals surface area (Å²) in [6.07, 6.45) is 5.25. The van der Waals surface area contributed by atoms with Crippen molar-refractivity contribution in [1.82, 2.24) is 0 Å². The monoisotopic (exact) mass is 530 g/mol. The number of rotatable bonds is 8. The summed E-state index contributed by atoms with van der Waals surface area (Å²) in [4.78, 5) is 31.8. The average molecular weight is 531 g/mol. The van der Waals surface area contributed by atoms with Crippen molar-refractivity contribution in [3.63, 3.8) is 0 Å². The molecule has 4 nitrogen and oxygen atoms in total. The molecule has 4 heteroatoms. The van der Waals surface area contributed by atoms with Crippen LogP contribution in [0.25, 0.3) is 0 Å². The number of amides is 2. The number of unbranched alkanes of at least 4 members (excludes halogenated alkanes) is 2. The number of benzene rings is 4. The molecule has 0 unspecified atom stereocenters. The van der Waals surface area contributed by atoms with Crippen molar-refractivity contribution >= 4 is 23.2 Å². The van der Waals surface area contributed by atoms with Crippen LogP contribution in [-0.2, 0) is 6.42 Å². The van der Waals surface area contributed by atoms with E-state index in [0.717, 1.165) is 28.9 Å². The van der Waals surface area contributed by atoms with E-state index in [4.69, 9.17) is 0 Å². The van der Waals surface area contributed by atoms with Crippen molar-refractivity contribution < 1.29 is 9.59 Å². The molecule has 2 atom stereocenters. The molecule has 2 amide bonds. The highest BCUT2D eigenvalue weighted by Gasteiger charge is 2.39. The van der Waals surface area contributed by atoms with E-state index in [2.05, 4.69) is 32.0 Å². The number of carbonyl (C=O) groups is 2. The van der Waals surface area contributed by atoms with E-state index in [0.29, 0.717) is 17.5 Å². The Bertz CT molecular complexity index is 1440. The molecule has 1 heterocycles. The molecule has 1 aliphatic rings. The van der Waals surface area contributed by atoms with Gasteiger partial charge in [-0.2, -0.15) is 0 Å². The average Bonchev–Trinajstić information content (AvgIpc) is 2.98. The Morgan fingerprint density at radius 3 is 2.15 bits per heavy atom. The van der Waals surface area contributed by atoms with Gasteiger partial charge in [0.15, 0.2) is 0 Å². The van der Waals surface area contributed by atoms with E-state index in [1.165, 1.54) is 24.8 Å². The summed E-state index contributed by atoms with van der Waals surface area (Å²) in [5.41, 5.74) is 6.41. The van der Waals surface area contributed by atoms with Gasteiger partial charge in [0.25, 0.3) is 11.8 Å². The highest BCUT2D eigenvalue weighted by atomic mass is 16.2. The Morgan fingerprint density at radius 1 is 0.800 bits per heavy atom. The minimum Gasteiger partial charge on any atom is -0.305 e. The van der Waals surface area contributed by atoms with E-state index in [1.54, 1.807) is 0 Å². The number of nitrogens with zero attached hydrogens (tertiary/aromatic N) is 2. The third kappa shape index (κ3) is 5.72. The fraction of sp³-hybridized carbons (Fsp3) is 0.278. The van der Waals surface area contributed by atoms with Crippen molar-refractivity contribution in [1.29, 1.82) is 0 Å². The van der Waals surface area contributed by atoms with E-state index in [9.17, 15) is 9.59 Å². The molecule has 0 aromatic heterocycles. The summed E-state index contributed by atoms with van der Waals surface area (Å²) >= 11 is 0. The SMILES string of the molecule is CCCCCc1ccc(C(=O)N2c3ccccc3[C@H](N(C(=O)c3ccc(C)cc3)c3ccccc3)C[C@@H]2C)cc1. The molecule has 0 saturated heterocycles. The first-order valence-corrected chi connectivity index (χ1v) is 14.4. The lowest BCUT2D eigenvalue weighted by Crippen LogP contribution is -2.47. The number of aryl methyl sites for hydroxylation is 2. The van der Waals surface area contributed by atoms with Crippen molar-refractivity contribution in [2.75, 3.05) is 9.80 Å². The van der Waals surface area contributed by atoms with E-state index >= 15 is 0 Å². The predicted molar refractivity (Wildman–Crippen MR) is 164 cm³/mol. The van der Waals surface area contributed by atoms with Gasteiger partial charge in [-0.25, -0.2) is 0 Å². The van der Waals surface area contributed by atoms with Crippen LogP contribution in [-0.4, -0.2) is 17.9 Å². The summed E-state index contributed by atoms with van der Waals surface area (Å²) in [6.45, 7) is 6.31. The number of hydrogen-bond donors (Lipinski definition) is 0. The van der Waals surface area contributed by atoms with Gasteiger partial charge in [0, 0.05) is 28.5 Å². The summed E-state index contributed by atoms with van der Waals surface area (Å²) < 4.78 is 0. The fourth-order valence-corrected chi connectivity index (χ4v) is 5.73. The van der Waals surface area contributed by atoms with Gasteiger partial charge in [0.2, 0.25) is 0 Å². The largest absolute Gasteiger partial charge is 0.305 e. The maximum absolute atomic E-state index is 14.1. The Morgan fingerprint density at radius 2 is 1.45 bits per heavy atom. The minimum absolute atomic E-state index is 0.00497. The Balaban J connectivity index is 1.50. The Labute approximate surface area is 238 Å². The summed E-state index contributed by atoms with van der Waals surface area (Å²) in [5.74, 6) is -0.0497. The Kier molecular flexibility index (Phi) is 8.45. The van der Waals surface area contributed by atoms with Crippen molar-refractivity contribution in [2.24, 2.45) is 0 Å². The molecule has 0 fully saturated rings. The molecule has 5 rings (SSSR count). The molecule has 4 aromatic carbocycles. The molecule has 0 radical (unpaired) electrons. The van der Waals surface area contributed by atoms with Gasteiger partial charge in [-0.05, 0) is 86.7 Å². The topological polar surface area (TPSA) is 40.6 Å². The first-order valence-electron chi connectivity index (χ1n) is 14.4. The van der Waals surface area contributed by atoms with Crippen LogP contribution in [0.15, 0.2) is 103 Å². The lowest BCUT2D eigenvalue weighted by molar-refractivity contribution is 0.0965. The van der Waals surface area contributed by atoms with E-state index < -0.39 is 0 Å². The standard InChI is InChI=1S/C36H38N2O2/c1-4-5-7-12-28-19-23-30(24-20-28)35(39)37-27(3)25-34(32-15-10-11-16-33(32)37)38(31-13-8-6-9-14-31)36(40)29-21-17-26(2)18-22-29/h6,8-11,13-24,27,34H,4-5,7,12,25H2,1-3H3/t27-,34+/m0/s1. The zero-order valence-electron chi connectivity index (χ0n) is 23.7. The minimum atomic E-state index is -0.215. The molecule has 0 saturated carbocycles. The van der Waals surface area contributed by atoms with Crippen LogP contribution >= 0.6 is 0 Å². The van der Waals surface area contributed by atoms with Gasteiger partial charge >= 0.3 is 0 Å². The normalized spacial score (nSPS) is 16.3. The highest BCUT2D eigenvalue weighted by molar-refractivity contribution is 6.09. The van der Waals surface area contributed by atoms with Gasteiger partial charge in [0.05, 0.1) is 6.04 Å². The fourth-order valence-electron chi connectivity index (χ4n) is 5.73. The number of carbonyl (C=O) groups excluding carboxylic acids is 2. The van der Waals surface area contributed by atoms with Gasteiger partial charge in [0.1, 0.15) is 0 Å². The maximum atomic E-state index is 14.1. The Hall–Kier alpha value is -4.18.